The summed E-state index contributed by atoms with van der Waals surface area (Å²) in [5, 5.41) is 19.4. The highest BCUT2D eigenvalue weighted by Gasteiger charge is 2.27. The zero-order chi connectivity index (χ0) is 24.5. The van der Waals surface area contributed by atoms with Crippen LogP contribution in [0.15, 0.2) is 52.4 Å². The van der Waals surface area contributed by atoms with Gasteiger partial charge in [0.1, 0.15) is 17.3 Å². The minimum atomic E-state index is -0.505. The number of hydrogen-bond acceptors (Lipinski definition) is 8. The summed E-state index contributed by atoms with van der Waals surface area (Å²) < 4.78 is 10.2. The molecule has 2 aromatic rings. The highest BCUT2D eigenvalue weighted by molar-refractivity contribution is 7.16. The van der Waals surface area contributed by atoms with Crippen molar-refractivity contribution in [1.82, 2.24) is 10.5 Å². The van der Waals surface area contributed by atoms with E-state index in [1.165, 1.54) is 29.9 Å². The number of rotatable bonds is 9. The molecule has 1 unspecified atom stereocenters. The molecule has 2 N–H and O–H groups in total. The van der Waals surface area contributed by atoms with Gasteiger partial charge in [-0.15, -0.1) is 11.3 Å². The number of aromatic nitrogens is 1. The molecule has 0 saturated carbocycles. The maximum Gasteiger partial charge on any atom is 0.407 e. The topological polar surface area (TPSA) is 130 Å². The Bertz CT molecular complexity index is 1180. The molecule has 0 bridgehead atoms. The van der Waals surface area contributed by atoms with Crippen LogP contribution in [0, 0.1) is 24.2 Å². The van der Waals surface area contributed by atoms with Gasteiger partial charge in [-0.2, -0.15) is 5.26 Å². The number of anilines is 1. The number of allylic oxidation sites excluding steroid dienone is 3. The zero-order valence-electron chi connectivity index (χ0n) is 18.8. The molecule has 0 aromatic carbocycles. The summed E-state index contributed by atoms with van der Waals surface area (Å²) in [6.07, 6.45) is 9.09. The summed E-state index contributed by atoms with van der Waals surface area (Å²) >= 11 is 1.39. The van der Waals surface area contributed by atoms with Crippen molar-refractivity contribution in [3.8, 4) is 6.07 Å². The Labute approximate surface area is 201 Å². The summed E-state index contributed by atoms with van der Waals surface area (Å²) in [6, 6.07) is 2.22. The van der Waals surface area contributed by atoms with Gasteiger partial charge in [0.05, 0.1) is 24.4 Å². The first-order valence-electron chi connectivity index (χ1n) is 10.6. The second kappa shape index (κ2) is 11.8. The standard InChI is InChI=1S/C24H25N5O4S/c1-4-16(11-26-3)6-8-22(30)28-23-20(10-25)19-7-5-17(9-21(19)34-23)13-32-24(31)27-12-18-14-33-29-15(18)2/h4,6,8,11,14,17H,1,3,5,7,9,12-13H2,2H3,(H,27,31)(H,28,30)/b8-6+,16-11+. The third-order valence-electron chi connectivity index (χ3n) is 5.34. The average Bonchev–Trinajstić information content (AvgIpc) is 3.40. The van der Waals surface area contributed by atoms with E-state index in [9.17, 15) is 14.9 Å². The predicted octanol–water partition coefficient (Wildman–Crippen LogP) is 4.21. The van der Waals surface area contributed by atoms with Gasteiger partial charge in [0, 0.05) is 22.7 Å². The van der Waals surface area contributed by atoms with Crippen molar-refractivity contribution >= 4 is 35.1 Å². The van der Waals surface area contributed by atoms with Crippen LogP contribution >= 0.6 is 11.3 Å². The van der Waals surface area contributed by atoms with Gasteiger partial charge in [0.15, 0.2) is 0 Å². The molecule has 0 aliphatic heterocycles. The van der Waals surface area contributed by atoms with E-state index in [1.54, 1.807) is 19.1 Å². The van der Waals surface area contributed by atoms with E-state index in [0.29, 0.717) is 29.0 Å². The number of nitrogens with one attached hydrogen (secondary N) is 2. The van der Waals surface area contributed by atoms with E-state index in [4.69, 9.17) is 9.26 Å². The van der Waals surface area contributed by atoms with Gasteiger partial charge in [0.2, 0.25) is 5.91 Å². The fraction of sp³-hybridized carbons (Fsp3) is 0.292. The maximum atomic E-state index is 12.3. The molecular weight excluding hydrogens is 454 g/mol. The first-order chi connectivity index (χ1) is 16.4. The number of ether oxygens (including phenoxy) is 1. The number of nitrogens with zero attached hydrogens (tertiary/aromatic N) is 3. The lowest BCUT2D eigenvalue weighted by Crippen LogP contribution is -2.27. The summed E-state index contributed by atoms with van der Waals surface area (Å²) in [7, 11) is 0. The van der Waals surface area contributed by atoms with Gasteiger partial charge < -0.3 is 19.9 Å². The molecule has 0 spiro atoms. The molecule has 0 saturated heterocycles. The second-order valence-corrected chi connectivity index (χ2v) is 8.75. The summed E-state index contributed by atoms with van der Waals surface area (Å²) in [5.74, 6) is -0.220. The van der Waals surface area contributed by atoms with Gasteiger partial charge in [-0.05, 0) is 56.0 Å². The number of aliphatic imine (C=N–C) groups is 1. The van der Waals surface area contributed by atoms with E-state index < -0.39 is 6.09 Å². The Balaban J connectivity index is 1.56. The van der Waals surface area contributed by atoms with Crippen LogP contribution in [-0.2, 0) is 28.9 Å². The van der Waals surface area contributed by atoms with Crippen LogP contribution in [0.1, 0.15) is 33.7 Å². The molecule has 9 nitrogen and oxygen atoms in total. The number of thiophene rings is 1. The Morgan fingerprint density at radius 1 is 1.47 bits per heavy atom. The van der Waals surface area contributed by atoms with Crippen molar-refractivity contribution in [3.05, 3.63) is 70.1 Å². The summed E-state index contributed by atoms with van der Waals surface area (Å²) in [6.45, 7) is 9.37. The van der Waals surface area contributed by atoms with E-state index in [-0.39, 0.29) is 25.0 Å². The SMILES string of the molecule is C=CC(/C=C/C(=O)Nc1sc2c(c1C#N)CCC(COC(=O)NCc1conc1C)C2)=C\N=C. The normalized spacial score (nSPS) is 15.3. The number of amides is 2. The lowest BCUT2D eigenvalue weighted by atomic mass is 9.88. The number of aryl methyl sites for hydroxylation is 1. The highest BCUT2D eigenvalue weighted by Crippen LogP contribution is 2.39. The fourth-order valence-electron chi connectivity index (χ4n) is 3.49. The van der Waals surface area contributed by atoms with Gasteiger partial charge in [-0.3, -0.25) is 9.79 Å². The minimum Gasteiger partial charge on any atom is -0.449 e. The number of alkyl carbamates (subject to hydrolysis) is 1. The molecule has 176 valence electrons. The summed E-state index contributed by atoms with van der Waals surface area (Å²) in [5.41, 5.74) is 3.60. The number of hydrogen-bond donors (Lipinski definition) is 2. The van der Waals surface area contributed by atoms with E-state index in [0.717, 1.165) is 28.1 Å². The van der Waals surface area contributed by atoms with Crippen LogP contribution in [0.4, 0.5) is 9.80 Å². The first-order valence-corrected chi connectivity index (χ1v) is 11.4. The Kier molecular flexibility index (Phi) is 8.54. The van der Waals surface area contributed by atoms with Crippen molar-refractivity contribution in [3.63, 3.8) is 0 Å². The molecular formula is C24H25N5O4S. The van der Waals surface area contributed by atoms with Crippen molar-refractivity contribution in [1.29, 1.82) is 5.26 Å². The van der Waals surface area contributed by atoms with Gasteiger partial charge in [-0.25, -0.2) is 4.79 Å². The van der Waals surface area contributed by atoms with Crippen molar-refractivity contribution < 1.29 is 18.8 Å². The Hall–Kier alpha value is -3.97. The molecule has 2 heterocycles. The van der Waals surface area contributed by atoms with Crippen LogP contribution in [0.3, 0.4) is 0 Å². The maximum absolute atomic E-state index is 12.3. The quantitative estimate of drug-likeness (QED) is 0.315. The third-order valence-corrected chi connectivity index (χ3v) is 6.51. The third kappa shape index (κ3) is 6.30. The smallest absolute Gasteiger partial charge is 0.407 e. The number of nitriles is 1. The number of carbonyl (C=O) groups excluding carboxylic acids is 2. The van der Waals surface area contributed by atoms with Crippen molar-refractivity contribution in [2.75, 3.05) is 11.9 Å². The van der Waals surface area contributed by atoms with E-state index in [1.807, 2.05) is 0 Å². The fourth-order valence-corrected chi connectivity index (χ4v) is 4.81. The molecule has 3 rings (SSSR count). The van der Waals surface area contributed by atoms with Crippen LogP contribution < -0.4 is 10.6 Å². The highest BCUT2D eigenvalue weighted by atomic mass is 32.1. The predicted molar refractivity (Wildman–Crippen MR) is 130 cm³/mol. The monoisotopic (exact) mass is 479 g/mol. The van der Waals surface area contributed by atoms with Crippen LogP contribution in [0.5, 0.6) is 0 Å². The molecule has 0 fully saturated rings. The first kappa shape index (κ1) is 24.7. The van der Waals surface area contributed by atoms with Gasteiger partial charge >= 0.3 is 6.09 Å². The molecule has 10 heteroatoms. The van der Waals surface area contributed by atoms with Crippen LogP contribution in [0.25, 0.3) is 0 Å². The van der Waals surface area contributed by atoms with Crippen LogP contribution in [-0.4, -0.2) is 30.5 Å². The Morgan fingerprint density at radius 3 is 2.97 bits per heavy atom. The van der Waals surface area contributed by atoms with Crippen molar-refractivity contribution in [2.45, 2.75) is 32.7 Å². The lowest BCUT2D eigenvalue weighted by molar-refractivity contribution is -0.111. The van der Waals surface area contributed by atoms with E-state index in [2.05, 4.69) is 40.1 Å². The van der Waals surface area contributed by atoms with Crippen LogP contribution in [0.2, 0.25) is 0 Å². The minimum absolute atomic E-state index is 0.135. The Morgan fingerprint density at radius 2 is 2.29 bits per heavy atom. The van der Waals surface area contributed by atoms with Gasteiger partial charge in [-0.1, -0.05) is 17.8 Å². The average molecular weight is 480 g/mol. The lowest BCUT2D eigenvalue weighted by Gasteiger charge is -2.21. The molecule has 2 aromatic heterocycles. The number of carbonyl (C=O) groups is 2. The number of fused-ring (bicyclic) bond motifs is 1. The van der Waals surface area contributed by atoms with E-state index >= 15 is 0 Å². The molecule has 2 amide bonds. The molecule has 1 aliphatic rings. The molecule has 0 radical (unpaired) electrons. The molecule has 34 heavy (non-hydrogen) atoms. The largest absolute Gasteiger partial charge is 0.449 e. The second-order valence-electron chi connectivity index (χ2n) is 7.64. The van der Waals surface area contributed by atoms with Gasteiger partial charge in [0.25, 0.3) is 0 Å². The summed E-state index contributed by atoms with van der Waals surface area (Å²) in [4.78, 5) is 29.1. The van der Waals surface area contributed by atoms with Crippen molar-refractivity contribution in [2.24, 2.45) is 10.9 Å². The molecule has 1 aliphatic carbocycles. The zero-order valence-corrected chi connectivity index (χ0v) is 19.6. The molecule has 1 atom stereocenters.